The highest BCUT2D eigenvalue weighted by atomic mass is 32.7. The Hall–Kier alpha value is -4.44. The van der Waals surface area contributed by atoms with Crippen molar-refractivity contribution in [3.63, 3.8) is 0 Å². The topological polar surface area (TPSA) is 252 Å². The van der Waals surface area contributed by atoms with Crippen LogP contribution in [0.25, 0.3) is 11.2 Å². The van der Waals surface area contributed by atoms with Gasteiger partial charge in [0.05, 0.1) is 31.5 Å². The molecule has 318 valence electrons. The Morgan fingerprint density at radius 1 is 0.983 bits per heavy atom. The third kappa shape index (κ3) is 8.81. The lowest BCUT2D eigenvalue weighted by molar-refractivity contribution is -0.148. The summed E-state index contributed by atoms with van der Waals surface area (Å²) in [6, 6.07) is 13.3. The second-order valence-corrected chi connectivity index (χ2v) is 19.4. The number of nitrogens with zero attached hydrogens (tertiary/aromatic N) is 5. The van der Waals surface area contributed by atoms with E-state index < -0.39 is 101 Å². The Morgan fingerprint density at radius 2 is 1.72 bits per heavy atom. The number of nitrogens with two attached hydrogens (primary N) is 1. The largest absolute Gasteiger partial charge is 0.472 e. The number of phosphoric acid groups is 1. The van der Waals surface area contributed by atoms with Crippen molar-refractivity contribution in [2.24, 2.45) is 0 Å². The first-order chi connectivity index (χ1) is 28.7. The van der Waals surface area contributed by atoms with Crippen LogP contribution >= 0.6 is 26.0 Å². The molecule has 24 heteroatoms. The Balaban J connectivity index is 1.09. The summed E-state index contributed by atoms with van der Waals surface area (Å²) in [4.78, 5) is 61.7. The zero-order chi connectivity index (χ0) is 42.3. The molecule has 3 fully saturated rings. The minimum Gasteiger partial charge on any atom is -0.423 e. The number of anilines is 1. The van der Waals surface area contributed by atoms with Gasteiger partial charge in [-0.25, -0.2) is 33.3 Å². The average molecular weight is 891 g/mol. The number of carbonyl (C=O) groups excluding carboxylic acids is 3. The van der Waals surface area contributed by atoms with E-state index in [-0.39, 0.29) is 28.5 Å². The van der Waals surface area contributed by atoms with Gasteiger partial charge in [-0.05, 0) is 54.2 Å². The summed E-state index contributed by atoms with van der Waals surface area (Å²) >= 11 is 0.716. The van der Waals surface area contributed by atoms with E-state index in [1.165, 1.54) is 24.3 Å². The maximum atomic E-state index is 16.3. The van der Waals surface area contributed by atoms with E-state index >= 15 is 4.39 Å². The predicted molar refractivity (Wildman–Crippen MR) is 207 cm³/mol. The number of esters is 1. The van der Waals surface area contributed by atoms with Crippen molar-refractivity contribution in [3.05, 3.63) is 90.2 Å². The van der Waals surface area contributed by atoms with Gasteiger partial charge in [-0.15, -0.1) is 0 Å². The molecule has 2 bridgehead atoms. The number of methoxy groups -OCH3 is 1. The van der Waals surface area contributed by atoms with Crippen LogP contribution in [0.2, 0.25) is 0 Å². The van der Waals surface area contributed by atoms with E-state index in [1.54, 1.807) is 48.5 Å². The second kappa shape index (κ2) is 17.1. The SMILES string of the molecule is CO[C@@H]1[C@@H]2O[P@](=O)(SCc3ccc(OC(=O)c4ccc(C)cc4)cc3)OC[C@H]3O[C@@H](N4C=CC(=O)CC4=O)[C@H](OP(=O)(O)OC[C@H]2O[C@H]1n1cnc2c(N)ncnc21)[C@@H]3F. The lowest BCUT2D eigenvalue weighted by atomic mass is 10.1. The van der Waals surface area contributed by atoms with Crippen LogP contribution in [0.4, 0.5) is 10.2 Å². The number of benzene rings is 2. The van der Waals surface area contributed by atoms with Crippen LogP contribution in [-0.4, -0.2) is 110 Å². The fraction of sp³-hybridized carbons (Fsp3) is 0.389. The summed E-state index contributed by atoms with van der Waals surface area (Å²) in [6.45, 7) is -4.11. The summed E-state index contributed by atoms with van der Waals surface area (Å²) in [5.41, 5.74) is 8.42. The van der Waals surface area contributed by atoms with Crippen molar-refractivity contribution in [2.45, 2.75) is 68.2 Å². The molecule has 0 radical (unpaired) electrons. The van der Waals surface area contributed by atoms with E-state index in [9.17, 15) is 28.4 Å². The number of hydrogen-bond acceptors (Lipinski definition) is 18. The number of nitrogen functional groups attached to an aromatic ring is 1. The molecular formula is C36H37FN6O14P2S. The summed E-state index contributed by atoms with van der Waals surface area (Å²) in [6.07, 6.45) is -8.33. The monoisotopic (exact) mass is 890 g/mol. The van der Waals surface area contributed by atoms with Crippen LogP contribution in [0.1, 0.15) is 34.1 Å². The van der Waals surface area contributed by atoms with Gasteiger partial charge in [0.1, 0.15) is 48.1 Å². The zero-order valence-corrected chi connectivity index (χ0v) is 34.2. The molecule has 3 saturated heterocycles. The van der Waals surface area contributed by atoms with Crippen LogP contribution in [0.3, 0.4) is 0 Å². The molecule has 20 nitrogen and oxygen atoms in total. The van der Waals surface area contributed by atoms with Gasteiger partial charge in [0.15, 0.2) is 35.9 Å². The molecule has 1 amide bonds. The quantitative estimate of drug-likeness (QED) is 0.109. The van der Waals surface area contributed by atoms with Gasteiger partial charge >= 0.3 is 20.6 Å². The molecule has 4 aromatic rings. The molecule has 4 aliphatic heterocycles. The number of imidazole rings is 1. The summed E-state index contributed by atoms with van der Waals surface area (Å²) < 4.78 is 92.5. The number of phosphoric ester groups is 1. The van der Waals surface area contributed by atoms with Crippen LogP contribution in [-0.2, 0) is 56.8 Å². The number of alkyl halides is 1. The van der Waals surface area contributed by atoms with E-state index in [0.717, 1.165) is 22.7 Å². The number of aryl methyl sites for hydroxylation is 1. The van der Waals surface area contributed by atoms with Gasteiger partial charge in [0, 0.05) is 19.1 Å². The number of amides is 1. The highest BCUT2D eigenvalue weighted by molar-refractivity contribution is 8.54. The molecule has 10 atom stereocenters. The van der Waals surface area contributed by atoms with Crippen molar-refractivity contribution in [1.29, 1.82) is 0 Å². The summed E-state index contributed by atoms with van der Waals surface area (Å²) in [5, 5.41) is 0. The van der Waals surface area contributed by atoms with Crippen molar-refractivity contribution in [3.8, 4) is 5.75 Å². The standard InChI is InChI=1S/C36H37FN6O14P2S/c1-19-3-7-21(8-4-19)36(46)53-23-9-5-20(6-10-23)16-60-59(49)52-14-24-27(37)30(34(54-24)42-12-11-22(44)13-26(42)45)56-58(47,48)51-15-25-29(57-59)31(50-2)35(55-25)43-18-41-28-32(38)39-17-40-33(28)43/h3-12,17-18,24-25,27,29-31,34-35H,13-16H2,1-2H3,(H,47,48)(H2,38,39,40)/t24-,25-,27-,29-,30-,31-,34-,35-,59-/m1/s1. The molecule has 0 saturated carbocycles. The van der Waals surface area contributed by atoms with Crippen molar-refractivity contribution in [1.82, 2.24) is 24.4 Å². The molecule has 0 spiro atoms. The van der Waals surface area contributed by atoms with Gasteiger partial charge in [-0.2, -0.15) is 0 Å². The Morgan fingerprint density at radius 3 is 2.45 bits per heavy atom. The van der Waals surface area contributed by atoms with Crippen LogP contribution in [0.5, 0.6) is 5.75 Å². The van der Waals surface area contributed by atoms with Crippen LogP contribution in [0, 0.1) is 6.92 Å². The number of carbonyl (C=O) groups is 3. The van der Waals surface area contributed by atoms with Crippen LogP contribution < -0.4 is 10.5 Å². The second-order valence-electron chi connectivity index (χ2n) is 13.9. The van der Waals surface area contributed by atoms with Crippen LogP contribution in [0.15, 0.2) is 73.5 Å². The third-order valence-corrected chi connectivity index (χ3v) is 14.5. The molecule has 2 aromatic carbocycles. The lowest BCUT2D eigenvalue weighted by Gasteiger charge is -2.31. The molecule has 2 aromatic heterocycles. The van der Waals surface area contributed by atoms with E-state index in [1.807, 2.05) is 6.92 Å². The number of ether oxygens (including phenoxy) is 4. The lowest BCUT2D eigenvalue weighted by Crippen LogP contribution is -2.46. The van der Waals surface area contributed by atoms with E-state index in [0.29, 0.717) is 22.5 Å². The Labute approximate surface area is 344 Å². The molecule has 60 heavy (non-hydrogen) atoms. The minimum atomic E-state index is -5.21. The fourth-order valence-electron chi connectivity index (χ4n) is 6.87. The first kappa shape index (κ1) is 42.3. The number of rotatable bonds is 8. The summed E-state index contributed by atoms with van der Waals surface area (Å²) in [7, 11) is -3.88. The van der Waals surface area contributed by atoms with Crippen molar-refractivity contribution in [2.75, 3.05) is 26.1 Å². The number of ketones is 1. The Bertz CT molecular complexity index is 2410. The number of hydrogen-bond donors (Lipinski definition) is 2. The van der Waals surface area contributed by atoms with Gasteiger partial charge in [0.25, 0.3) is 0 Å². The molecule has 4 aliphatic rings. The number of fused-ring (bicyclic) bond motifs is 4. The molecule has 0 aliphatic carbocycles. The van der Waals surface area contributed by atoms with E-state index in [4.69, 9.17) is 42.8 Å². The van der Waals surface area contributed by atoms with Gasteiger partial charge < -0.3 is 29.6 Å². The number of aromatic nitrogens is 4. The van der Waals surface area contributed by atoms with Crippen molar-refractivity contribution >= 4 is 60.6 Å². The molecule has 1 unspecified atom stereocenters. The normalized spacial score (nSPS) is 32.3. The third-order valence-electron chi connectivity index (χ3n) is 9.91. The van der Waals surface area contributed by atoms with Gasteiger partial charge in [-0.3, -0.25) is 37.2 Å². The minimum absolute atomic E-state index is 0.0203. The van der Waals surface area contributed by atoms with Crippen molar-refractivity contribution < 1.29 is 69.8 Å². The predicted octanol–water partition coefficient (Wildman–Crippen LogP) is 4.19. The fourth-order valence-corrected chi connectivity index (χ4v) is 11.2. The molecule has 6 heterocycles. The maximum Gasteiger partial charge on any atom is 0.472 e. The highest BCUT2D eigenvalue weighted by Crippen LogP contribution is 2.64. The summed E-state index contributed by atoms with van der Waals surface area (Å²) in [5.74, 6) is -1.56. The number of halogens is 1. The van der Waals surface area contributed by atoms with E-state index in [2.05, 4.69) is 15.0 Å². The molecule has 8 rings (SSSR count). The van der Waals surface area contributed by atoms with Gasteiger partial charge in [-0.1, -0.05) is 29.8 Å². The maximum absolute atomic E-state index is 16.3. The molecule has 3 N–H and O–H groups in total. The number of allylic oxidation sites excluding steroid dienone is 1. The smallest absolute Gasteiger partial charge is 0.423 e. The molecular weight excluding hydrogens is 853 g/mol. The first-order valence-electron chi connectivity index (χ1n) is 18.2. The zero-order valence-electron chi connectivity index (χ0n) is 31.6. The highest BCUT2D eigenvalue weighted by Gasteiger charge is 2.56. The Kier molecular flexibility index (Phi) is 12.1. The average Bonchev–Trinajstić information content (AvgIpc) is 3.89. The first-order valence-corrected chi connectivity index (χ1v) is 22.9. The van der Waals surface area contributed by atoms with Gasteiger partial charge in [0.2, 0.25) is 5.91 Å².